The maximum atomic E-state index is 12.1. The number of nitrogens with zero attached hydrogens (tertiary/aromatic N) is 5. The predicted molar refractivity (Wildman–Crippen MR) is 108 cm³/mol. The number of hydrogen-bond donors (Lipinski definition) is 1. The molecule has 1 N–H and O–H groups in total. The first-order chi connectivity index (χ1) is 12.8. The third kappa shape index (κ3) is 4.39. The van der Waals surface area contributed by atoms with Crippen LogP contribution in [0, 0.1) is 20.8 Å². The van der Waals surface area contributed by atoms with Gasteiger partial charge in [-0.25, -0.2) is 9.50 Å². The van der Waals surface area contributed by atoms with Crippen LogP contribution >= 0.6 is 11.8 Å². The molecule has 0 saturated heterocycles. The Morgan fingerprint density at radius 2 is 1.85 bits per heavy atom. The monoisotopic (exact) mass is 384 g/mol. The Morgan fingerprint density at radius 1 is 1.15 bits per heavy atom. The quantitative estimate of drug-likeness (QED) is 0.658. The Hall–Kier alpha value is -2.61. The fourth-order valence-corrected chi connectivity index (χ4v) is 3.24. The highest BCUT2D eigenvalue weighted by Crippen LogP contribution is 2.17. The summed E-state index contributed by atoms with van der Waals surface area (Å²) in [7, 11) is 4.00. The molecule has 0 bridgehead atoms. The zero-order chi connectivity index (χ0) is 19.6. The Balaban J connectivity index is 1.56. The van der Waals surface area contributed by atoms with Gasteiger partial charge in [-0.15, -0.1) is 5.10 Å². The maximum absolute atomic E-state index is 12.1. The van der Waals surface area contributed by atoms with Gasteiger partial charge in [0.05, 0.1) is 5.75 Å². The third-order valence-corrected chi connectivity index (χ3v) is 5.35. The first kappa shape index (κ1) is 19.2. The molecule has 1 amide bonds. The van der Waals surface area contributed by atoms with E-state index in [4.69, 9.17) is 0 Å². The highest BCUT2D eigenvalue weighted by atomic mass is 32.2. The van der Waals surface area contributed by atoms with Crippen LogP contribution in [0.4, 0.5) is 5.69 Å². The van der Waals surface area contributed by atoms with Crippen molar-refractivity contribution in [2.75, 3.05) is 24.7 Å². The van der Waals surface area contributed by atoms with Gasteiger partial charge in [0.15, 0.2) is 0 Å². The third-order valence-electron chi connectivity index (χ3n) is 4.52. The lowest BCUT2D eigenvalue weighted by molar-refractivity contribution is -0.118. The first-order valence-corrected chi connectivity index (χ1v) is 9.70. The molecule has 0 aliphatic rings. The molecule has 2 heterocycles. The molecule has 3 rings (SSSR count). The minimum Gasteiger partial charge on any atom is -0.378 e. The summed E-state index contributed by atoms with van der Waals surface area (Å²) in [6.07, 6.45) is 0. The van der Waals surface area contributed by atoms with Crippen molar-refractivity contribution < 1.29 is 4.79 Å². The van der Waals surface area contributed by atoms with Gasteiger partial charge in [-0.05, 0) is 44.0 Å². The lowest BCUT2D eigenvalue weighted by Gasteiger charge is -2.12. The van der Waals surface area contributed by atoms with Crippen LogP contribution in [0.15, 0.2) is 29.4 Å². The average molecular weight is 385 g/mol. The SMILES string of the molecule is Cc1nc2nc(SCC(=O)NCc3ccc(N(C)C)cc3)nn2c(C)c1C. The lowest BCUT2D eigenvalue weighted by Crippen LogP contribution is -2.24. The summed E-state index contributed by atoms with van der Waals surface area (Å²) in [6.45, 7) is 6.48. The summed E-state index contributed by atoms with van der Waals surface area (Å²) < 4.78 is 1.73. The van der Waals surface area contributed by atoms with Gasteiger partial charge in [0.25, 0.3) is 5.78 Å². The van der Waals surface area contributed by atoms with Gasteiger partial charge >= 0.3 is 0 Å². The first-order valence-electron chi connectivity index (χ1n) is 8.71. The molecule has 7 nitrogen and oxygen atoms in total. The maximum Gasteiger partial charge on any atom is 0.253 e. The Bertz CT molecular complexity index is 964. The molecule has 8 heteroatoms. The largest absolute Gasteiger partial charge is 0.378 e. The number of amides is 1. The summed E-state index contributed by atoms with van der Waals surface area (Å²) in [5, 5.41) is 7.94. The Kier molecular flexibility index (Phi) is 5.65. The number of rotatable bonds is 6. The summed E-state index contributed by atoms with van der Waals surface area (Å²) in [6, 6.07) is 8.11. The van der Waals surface area contributed by atoms with Crippen molar-refractivity contribution in [2.24, 2.45) is 0 Å². The number of thioether (sulfide) groups is 1. The van der Waals surface area contributed by atoms with E-state index < -0.39 is 0 Å². The molecule has 27 heavy (non-hydrogen) atoms. The normalized spacial score (nSPS) is 11.0. The van der Waals surface area contributed by atoms with Gasteiger partial charge in [0, 0.05) is 37.7 Å². The molecule has 1 aromatic carbocycles. The zero-order valence-corrected chi connectivity index (χ0v) is 17.1. The fraction of sp³-hybridized carbons (Fsp3) is 0.368. The van der Waals surface area contributed by atoms with Gasteiger partial charge in [-0.2, -0.15) is 4.98 Å². The number of benzene rings is 1. The van der Waals surface area contributed by atoms with Crippen molar-refractivity contribution in [3.05, 3.63) is 46.8 Å². The lowest BCUT2D eigenvalue weighted by atomic mass is 10.2. The molecule has 0 atom stereocenters. The van der Waals surface area contributed by atoms with Crippen LogP contribution < -0.4 is 10.2 Å². The van der Waals surface area contributed by atoms with Crippen LogP contribution in [0.5, 0.6) is 0 Å². The van der Waals surface area contributed by atoms with Gasteiger partial charge in [0.1, 0.15) is 0 Å². The molecule has 3 aromatic rings. The van der Waals surface area contributed by atoms with Crippen LogP contribution in [0.3, 0.4) is 0 Å². The summed E-state index contributed by atoms with van der Waals surface area (Å²) in [4.78, 5) is 23.0. The molecule has 2 aromatic heterocycles. The molecular weight excluding hydrogens is 360 g/mol. The second-order valence-electron chi connectivity index (χ2n) is 6.64. The number of aryl methyl sites for hydroxylation is 2. The zero-order valence-electron chi connectivity index (χ0n) is 16.3. The second-order valence-corrected chi connectivity index (χ2v) is 7.58. The number of hydrogen-bond acceptors (Lipinski definition) is 6. The average Bonchev–Trinajstić information content (AvgIpc) is 3.06. The van der Waals surface area contributed by atoms with Gasteiger partial charge in [-0.3, -0.25) is 4.79 Å². The van der Waals surface area contributed by atoms with Crippen molar-refractivity contribution in [3.8, 4) is 0 Å². The molecule has 142 valence electrons. The number of aromatic nitrogens is 4. The van der Waals surface area contributed by atoms with Crippen molar-refractivity contribution in [1.82, 2.24) is 24.9 Å². The topological polar surface area (TPSA) is 75.4 Å². The van der Waals surface area contributed by atoms with Crippen LogP contribution in [0.2, 0.25) is 0 Å². The number of carbonyl (C=O) groups is 1. The highest BCUT2D eigenvalue weighted by Gasteiger charge is 2.12. The van der Waals surface area contributed by atoms with Crippen molar-refractivity contribution in [1.29, 1.82) is 0 Å². The predicted octanol–water partition coefficient (Wildman–Crippen LogP) is 2.52. The molecule has 0 unspecified atom stereocenters. The summed E-state index contributed by atoms with van der Waals surface area (Å²) in [5.74, 6) is 0.788. The van der Waals surface area contributed by atoms with Crippen LogP contribution in [0.1, 0.15) is 22.5 Å². The van der Waals surface area contributed by atoms with Crippen molar-refractivity contribution in [3.63, 3.8) is 0 Å². The van der Waals surface area contributed by atoms with Crippen LogP contribution in [0.25, 0.3) is 5.78 Å². The smallest absolute Gasteiger partial charge is 0.253 e. The van der Waals surface area contributed by atoms with E-state index >= 15 is 0 Å². The molecule has 0 saturated carbocycles. The van der Waals surface area contributed by atoms with E-state index in [0.717, 1.165) is 28.2 Å². The van der Waals surface area contributed by atoms with Gasteiger partial charge in [-0.1, -0.05) is 23.9 Å². The van der Waals surface area contributed by atoms with E-state index in [2.05, 4.69) is 20.4 Å². The Morgan fingerprint density at radius 3 is 2.52 bits per heavy atom. The van der Waals surface area contributed by atoms with E-state index in [1.165, 1.54) is 11.8 Å². The molecule has 0 fully saturated rings. The minimum atomic E-state index is -0.0485. The molecule has 0 aliphatic heterocycles. The van der Waals surface area contributed by atoms with E-state index in [-0.39, 0.29) is 11.7 Å². The molecular formula is C19H24N6OS. The minimum absolute atomic E-state index is 0.0485. The van der Waals surface area contributed by atoms with Gasteiger partial charge < -0.3 is 10.2 Å². The van der Waals surface area contributed by atoms with E-state index in [9.17, 15) is 4.79 Å². The van der Waals surface area contributed by atoms with Crippen LogP contribution in [-0.4, -0.2) is 45.3 Å². The molecule has 0 radical (unpaired) electrons. The van der Waals surface area contributed by atoms with E-state index in [0.29, 0.717) is 17.5 Å². The standard InChI is InChI=1S/C19H24N6OS/c1-12-13(2)21-18-22-19(23-25(18)14(12)3)27-11-17(26)20-10-15-6-8-16(9-7-15)24(4)5/h6-9H,10-11H2,1-5H3,(H,20,26). The Labute approximate surface area is 163 Å². The fourth-order valence-electron chi connectivity index (χ4n) is 2.59. The van der Waals surface area contributed by atoms with Crippen molar-refractivity contribution >= 4 is 29.1 Å². The van der Waals surface area contributed by atoms with E-state index in [1.54, 1.807) is 4.52 Å². The summed E-state index contributed by atoms with van der Waals surface area (Å²) >= 11 is 1.31. The molecule has 0 aliphatic carbocycles. The number of carbonyl (C=O) groups excluding carboxylic acids is 1. The van der Waals surface area contributed by atoms with Crippen molar-refractivity contribution in [2.45, 2.75) is 32.5 Å². The van der Waals surface area contributed by atoms with Gasteiger partial charge in [0.2, 0.25) is 11.1 Å². The summed E-state index contributed by atoms with van der Waals surface area (Å²) in [5.41, 5.74) is 5.26. The second kappa shape index (κ2) is 7.96. The highest BCUT2D eigenvalue weighted by molar-refractivity contribution is 7.99. The number of fused-ring (bicyclic) bond motifs is 1. The number of anilines is 1. The van der Waals surface area contributed by atoms with Crippen LogP contribution in [-0.2, 0) is 11.3 Å². The number of nitrogens with one attached hydrogen (secondary N) is 1. The molecule has 0 spiro atoms. The van der Waals surface area contributed by atoms with E-state index in [1.807, 2.05) is 64.0 Å².